The van der Waals surface area contributed by atoms with Crippen molar-refractivity contribution < 1.29 is 9.59 Å². The van der Waals surface area contributed by atoms with Crippen molar-refractivity contribution in [2.24, 2.45) is 11.3 Å². The number of fused-ring (bicyclic) bond motifs is 1. The van der Waals surface area contributed by atoms with Crippen molar-refractivity contribution in [1.29, 1.82) is 0 Å². The second-order valence-electron chi connectivity index (χ2n) is 9.62. The van der Waals surface area contributed by atoms with Crippen molar-refractivity contribution in [1.82, 2.24) is 5.32 Å². The van der Waals surface area contributed by atoms with E-state index in [0.717, 1.165) is 30.4 Å². The van der Waals surface area contributed by atoms with E-state index in [2.05, 4.69) is 31.4 Å². The molecule has 0 saturated carbocycles. The van der Waals surface area contributed by atoms with Gasteiger partial charge in [-0.15, -0.1) is 11.3 Å². The maximum atomic E-state index is 13.4. The third-order valence-electron chi connectivity index (χ3n) is 6.36. The van der Waals surface area contributed by atoms with E-state index >= 15 is 0 Å². The third-order valence-corrected chi connectivity index (χ3v) is 7.86. The number of hydrogen-bond donors (Lipinski definition) is 2. The second kappa shape index (κ2) is 9.70. The molecule has 2 aromatic carbocycles. The molecule has 3 aromatic rings. The SMILES string of the molecule is CC(C)(C)C1CCc2c(sc(NC(=O)c3ccccc3Cl)c2C(=O)NCc2ccccc2)C1. The number of hydrogen-bond acceptors (Lipinski definition) is 3. The van der Waals surface area contributed by atoms with E-state index in [1.54, 1.807) is 24.3 Å². The number of carbonyl (C=O) groups excluding carboxylic acids is 2. The molecule has 1 unspecified atom stereocenters. The first-order chi connectivity index (χ1) is 15.7. The average Bonchev–Trinajstić information content (AvgIpc) is 3.15. The molecule has 0 radical (unpaired) electrons. The number of thiophene rings is 1. The van der Waals surface area contributed by atoms with Gasteiger partial charge in [-0.2, -0.15) is 0 Å². The number of nitrogens with one attached hydrogen (secondary N) is 2. The van der Waals surface area contributed by atoms with E-state index in [1.807, 2.05) is 30.3 Å². The van der Waals surface area contributed by atoms with Crippen molar-refractivity contribution in [2.75, 3.05) is 5.32 Å². The Kier molecular flexibility index (Phi) is 6.91. The molecule has 0 bridgehead atoms. The first kappa shape index (κ1) is 23.5. The number of anilines is 1. The van der Waals surface area contributed by atoms with Crippen molar-refractivity contribution in [3.63, 3.8) is 0 Å². The van der Waals surface area contributed by atoms with E-state index in [4.69, 9.17) is 11.6 Å². The Morgan fingerprint density at radius 1 is 1.03 bits per heavy atom. The fourth-order valence-electron chi connectivity index (χ4n) is 4.34. The monoisotopic (exact) mass is 480 g/mol. The minimum Gasteiger partial charge on any atom is -0.348 e. The van der Waals surface area contributed by atoms with Gasteiger partial charge in [0.1, 0.15) is 5.00 Å². The fourth-order valence-corrected chi connectivity index (χ4v) is 5.88. The fraction of sp³-hybridized carbons (Fsp3) is 0.333. The summed E-state index contributed by atoms with van der Waals surface area (Å²) in [6.07, 6.45) is 2.79. The van der Waals surface area contributed by atoms with E-state index in [9.17, 15) is 9.59 Å². The lowest BCUT2D eigenvalue weighted by Gasteiger charge is -2.33. The zero-order valence-electron chi connectivity index (χ0n) is 19.2. The van der Waals surface area contributed by atoms with Gasteiger partial charge < -0.3 is 10.6 Å². The van der Waals surface area contributed by atoms with Gasteiger partial charge in [-0.3, -0.25) is 9.59 Å². The molecule has 172 valence electrons. The van der Waals surface area contributed by atoms with Crippen molar-refractivity contribution in [2.45, 2.75) is 46.6 Å². The van der Waals surface area contributed by atoms with Gasteiger partial charge in [0.25, 0.3) is 11.8 Å². The van der Waals surface area contributed by atoms with Crippen molar-refractivity contribution in [3.05, 3.63) is 86.8 Å². The van der Waals surface area contributed by atoms with Crippen LogP contribution in [0.1, 0.15) is 63.9 Å². The van der Waals surface area contributed by atoms with Gasteiger partial charge in [-0.1, -0.05) is 74.8 Å². The molecule has 33 heavy (non-hydrogen) atoms. The molecule has 0 fully saturated rings. The van der Waals surface area contributed by atoms with Crippen LogP contribution in [-0.2, 0) is 19.4 Å². The maximum Gasteiger partial charge on any atom is 0.257 e. The first-order valence-electron chi connectivity index (χ1n) is 11.3. The number of benzene rings is 2. The molecule has 2 N–H and O–H groups in total. The van der Waals surface area contributed by atoms with Crippen LogP contribution >= 0.6 is 22.9 Å². The minimum atomic E-state index is -0.302. The molecule has 0 aliphatic heterocycles. The summed E-state index contributed by atoms with van der Waals surface area (Å²) in [5.74, 6) is 0.0831. The number of halogens is 1. The Morgan fingerprint density at radius 2 is 1.73 bits per heavy atom. The maximum absolute atomic E-state index is 13.4. The topological polar surface area (TPSA) is 58.2 Å². The van der Waals surface area contributed by atoms with Crippen LogP contribution in [0.5, 0.6) is 0 Å². The molecule has 1 atom stereocenters. The van der Waals surface area contributed by atoms with Gasteiger partial charge in [0, 0.05) is 11.4 Å². The Balaban J connectivity index is 1.64. The zero-order chi connectivity index (χ0) is 23.6. The van der Waals surface area contributed by atoms with Gasteiger partial charge in [0.15, 0.2) is 0 Å². The van der Waals surface area contributed by atoms with Gasteiger partial charge in [0.05, 0.1) is 16.1 Å². The summed E-state index contributed by atoms with van der Waals surface area (Å²) in [7, 11) is 0. The first-order valence-corrected chi connectivity index (χ1v) is 12.5. The molecule has 0 saturated heterocycles. The van der Waals surface area contributed by atoms with Crippen molar-refractivity contribution in [3.8, 4) is 0 Å². The zero-order valence-corrected chi connectivity index (χ0v) is 20.8. The van der Waals surface area contributed by atoms with Crippen LogP contribution in [0, 0.1) is 11.3 Å². The summed E-state index contributed by atoms with van der Waals surface area (Å²) in [6, 6.07) is 16.8. The highest BCUT2D eigenvalue weighted by Crippen LogP contribution is 2.44. The predicted octanol–water partition coefficient (Wildman–Crippen LogP) is 6.73. The molecule has 1 aromatic heterocycles. The Hall–Kier alpha value is -2.63. The molecule has 1 aliphatic carbocycles. The van der Waals surface area contributed by atoms with Crippen LogP contribution in [-0.4, -0.2) is 11.8 Å². The van der Waals surface area contributed by atoms with Crippen LogP contribution in [0.2, 0.25) is 5.02 Å². The number of carbonyl (C=O) groups is 2. The quantitative estimate of drug-likeness (QED) is 0.425. The molecule has 4 nitrogen and oxygen atoms in total. The van der Waals surface area contributed by atoms with Gasteiger partial charge in [-0.25, -0.2) is 0 Å². The standard InChI is InChI=1S/C27H29ClN2O2S/c1-27(2,3)18-13-14-20-22(15-18)33-26(30-24(31)19-11-7-8-12-21(19)28)23(20)25(32)29-16-17-9-5-4-6-10-17/h4-12,18H,13-16H2,1-3H3,(H,29,32)(H,30,31). The summed E-state index contributed by atoms with van der Waals surface area (Å²) in [6.45, 7) is 7.24. The second-order valence-corrected chi connectivity index (χ2v) is 11.1. The Labute approximate surface area is 204 Å². The third kappa shape index (κ3) is 5.31. The van der Waals surface area contributed by atoms with E-state index in [0.29, 0.717) is 33.6 Å². The van der Waals surface area contributed by atoms with Crippen LogP contribution in [0.3, 0.4) is 0 Å². The van der Waals surface area contributed by atoms with Crippen LogP contribution < -0.4 is 10.6 Å². The molecule has 1 aliphatic rings. The molecule has 2 amide bonds. The minimum absolute atomic E-state index is 0.153. The summed E-state index contributed by atoms with van der Waals surface area (Å²) in [5.41, 5.74) is 3.29. The number of rotatable bonds is 5. The van der Waals surface area contributed by atoms with Gasteiger partial charge >= 0.3 is 0 Å². The van der Waals surface area contributed by atoms with E-state index in [1.165, 1.54) is 16.2 Å². The Bertz CT molecular complexity index is 1160. The average molecular weight is 481 g/mol. The highest BCUT2D eigenvalue weighted by atomic mass is 35.5. The van der Waals surface area contributed by atoms with Crippen molar-refractivity contribution >= 4 is 39.8 Å². The molecule has 1 heterocycles. The summed E-state index contributed by atoms with van der Waals surface area (Å²) in [5, 5.41) is 7.03. The Morgan fingerprint density at radius 3 is 2.42 bits per heavy atom. The summed E-state index contributed by atoms with van der Waals surface area (Å²) >= 11 is 7.76. The van der Waals surface area contributed by atoms with Crippen LogP contribution in [0.15, 0.2) is 54.6 Å². The van der Waals surface area contributed by atoms with Gasteiger partial charge in [0.2, 0.25) is 0 Å². The van der Waals surface area contributed by atoms with Crippen LogP contribution in [0.4, 0.5) is 5.00 Å². The van der Waals surface area contributed by atoms with E-state index in [-0.39, 0.29) is 17.2 Å². The molecular formula is C27H29ClN2O2S. The lowest BCUT2D eigenvalue weighted by molar-refractivity contribution is 0.0950. The highest BCUT2D eigenvalue weighted by Gasteiger charge is 2.34. The molecule has 6 heteroatoms. The van der Waals surface area contributed by atoms with E-state index < -0.39 is 0 Å². The lowest BCUT2D eigenvalue weighted by atomic mass is 9.72. The molecule has 0 spiro atoms. The summed E-state index contributed by atoms with van der Waals surface area (Å²) in [4.78, 5) is 27.6. The predicted molar refractivity (Wildman–Crippen MR) is 136 cm³/mol. The smallest absolute Gasteiger partial charge is 0.257 e. The van der Waals surface area contributed by atoms with Gasteiger partial charge in [-0.05, 0) is 53.9 Å². The largest absolute Gasteiger partial charge is 0.348 e. The summed E-state index contributed by atoms with van der Waals surface area (Å²) < 4.78 is 0. The molecule has 4 rings (SSSR count). The normalized spacial score (nSPS) is 15.6. The lowest BCUT2D eigenvalue weighted by Crippen LogP contribution is -2.28. The number of amides is 2. The highest BCUT2D eigenvalue weighted by molar-refractivity contribution is 7.17. The molecular weight excluding hydrogens is 452 g/mol. The van der Waals surface area contributed by atoms with Crippen LogP contribution in [0.25, 0.3) is 0 Å².